The third-order valence-corrected chi connectivity index (χ3v) is 5.73. The lowest BCUT2D eigenvalue weighted by molar-refractivity contribution is 0.0600. The summed E-state index contributed by atoms with van der Waals surface area (Å²) < 4.78 is 12.9. The number of hydrogen-bond acceptors (Lipinski definition) is 5. The van der Waals surface area contributed by atoms with Crippen LogP contribution in [0.3, 0.4) is 0 Å². The third-order valence-electron chi connectivity index (χ3n) is 4.12. The van der Waals surface area contributed by atoms with Gasteiger partial charge in [-0.25, -0.2) is 4.79 Å². The molecule has 6 nitrogen and oxygen atoms in total. The molecular weight excluding hydrogens is 435 g/mol. The van der Waals surface area contributed by atoms with Crippen LogP contribution < -0.4 is 4.80 Å². The monoisotopic (exact) mass is 452 g/mol. The van der Waals surface area contributed by atoms with E-state index in [0.29, 0.717) is 35.1 Å². The molecule has 0 radical (unpaired) electrons. The lowest BCUT2D eigenvalue weighted by Gasteiger charge is -2.06. The summed E-state index contributed by atoms with van der Waals surface area (Å²) in [5, 5.41) is 0.675. The molecule has 29 heavy (non-hydrogen) atoms. The molecule has 1 heterocycles. The molecule has 9 heteroatoms. The van der Waals surface area contributed by atoms with E-state index < -0.39 is 11.9 Å². The molecule has 3 rings (SSSR count). The predicted molar refractivity (Wildman–Crippen MR) is 114 cm³/mol. The number of hydrogen-bond donors (Lipinski definition) is 0. The Labute approximate surface area is 181 Å². The van der Waals surface area contributed by atoms with E-state index in [9.17, 15) is 9.59 Å². The van der Waals surface area contributed by atoms with Crippen LogP contribution in [-0.4, -0.2) is 36.8 Å². The first kappa shape index (κ1) is 21.5. The van der Waals surface area contributed by atoms with Gasteiger partial charge in [0.05, 0.1) is 40.1 Å². The maximum Gasteiger partial charge on any atom is 0.337 e. The number of aromatic nitrogens is 1. The van der Waals surface area contributed by atoms with Crippen molar-refractivity contribution in [1.29, 1.82) is 0 Å². The van der Waals surface area contributed by atoms with Crippen LogP contribution in [0.2, 0.25) is 10.0 Å². The van der Waals surface area contributed by atoms with E-state index >= 15 is 0 Å². The predicted octanol–water partition coefficient (Wildman–Crippen LogP) is 4.57. The first-order valence-electron chi connectivity index (χ1n) is 8.78. The number of ether oxygens (including phenoxy) is 2. The minimum absolute atomic E-state index is 0.225. The summed E-state index contributed by atoms with van der Waals surface area (Å²) in [6.45, 7) is 3.45. The zero-order valence-corrected chi connectivity index (χ0v) is 18.1. The molecule has 0 atom stereocenters. The molecule has 0 spiro atoms. The second-order valence-corrected chi connectivity index (χ2v) is 7.80. The second kappa shape index (κ2) is 9.54. The standard InChI is InChI=1S/C20H18Cl2N2O4S/c1-3-28-9-8-24-16-7-4-12(19(26)27-2)10-17(16)29-20(24)23-18(25)14-11-13(21)5-6-15(14)22/h4-7,10-11H,3,8-9H2,1-2H3. The summed E-state index contributed by atoms with van der Waals surface area (Å²) in [6, 6.07) is 9.86. The van der Waals surface area contributed by atoms with Crippen molar-refractivity contribution in [3.8, 4) is 0 Å². The third kappa shape index (κ3) is 4.87. The molecule has 0 aliphatic rings. The highest BCUT2D eigenvalue weighted by atomic mass is 35.5. The van der Waals surface area contributed by atoms with E-state index in [1.165, 1.54) is 24.5 Å². The van der Waals surface area contributed by atoms with Crippen LogP contribution in [0.5, 0.6) is 0 Å². The van der Waals surface area contributed by atoms with Gasteiger partial charge in [0.25, 0.3) is 5.91 Å². The lowest BCUT2D eigenvalue weighted by atomic mass is 10.2. The number of thiazole rings is 1. The normalized spacial score (nSPS) is 11.8. The number of methoxy groups -OCH3 is 1. The summed E-state index contributed by atoms with van der Waals surface area (Å²) in [4.78, 5) is 29.3. The zero-order chi connectivity index (χ0) is 21.0. The van der Waals surface area contributed by atoms with Crippen LogP contribution in [-0.2, 0) is 16.0 Å². The van der Waals surface area contributed by atoms with Gasteiger partial charge in [0.15, 0.2) is 4.80 Å². The minimum Gasteiger partial charge on any atom is -0.465 e. The number of halogens is 2. The molecule has 0 aliphatic carbocycles. The van der Waals surface area contributed by atoms with Gasteiger partial charge in [-0.1, -0.05) is 34.5 Å². The highest BCUT2D eigenvalue weighted by molar-refractivity contribution is 7.16. The van der Waals surface area contributed by atoms with Crippen LogP contribution in [0.15, 0.2) is 41.4 Å². The van der Waals surface area contributed by atoms with Gasteiger partial charge in [0.1, 0.15) is 0 Å². The first-order chi connectivity index (χ1) is 13.9. The van der Waals surface area contributed by atoms with Crippen LogP contribution in [0.25, 0.3) is 10.2 Å². The summed E-state index contributed by atoms with van der Waals surface area (Å²) in [5.74, 6) is -0.927. The SMILES string of the molecule is CCOCCn1c(=NC(=O)c2cc(Cl)ccc2Cl)sc2cc(C(=O)OC)ccc21. The molecular formula is C20H18Cl2N2O4S. The molecule has 0 unspecified atom stereocenters. The van der Waals surface area contributed by atoms with Gasteiger partial charge < -0.3 is 14.0 Å². The maximum atomic E-state index is 12.7. The number of carbonyl (C=O) groups excluding carboxylic acids is 2. The van der Waals surface area contributed by atoms with Crippen LogP contribution in [0, 0.1) is 0 Å². The Morgan fingerprint density at radius 2 is 1.97 bits per heavy atom. The van der Waals surface area contributed by atoms with Crippen molar-refractivity contribution in [1.82, 2.24) is 4.57 Å². The maximum absolute atomic E-state index is 12.7. The van der Waals surface area contributed by atoms with Crippen molar-refractivity contribution in [2.75, 3.05) is 20.3 Å². The Bertz CT molecular complexity index is 1140. The number of benzene rings is 2. The van der Waals surface area contributed by atoms with E-state index in [-0.39, 0.29) is 10.6 Å². The molecule has 0 saturated heterocycles. The average Bonchev–Trinajstić information content (AvgIpc) is 3.05. The van der Waals surface area contributed by atoms with Crippen molar-refractivity contribution in [2.45, 2.75) is 13.5 Å². The van der Waals surface area contributed by atoms with E-state index in [0.717, 1.165) is 10.2 Å². The summed E-state index contributed by atoms with van der Waals surface area (Å²) >= 11 is 13.4. The zero-order valence-electron chi connectivity index (χ0n) is 15.8. The fourth-order valence-corrected chi connectivity index (χ4v) is 4.19. The van der Waals surface area contributed by atoms with Crippen molar-refractivity contribution in [3.63, 3.8) is 0 Å². The van der Waals surface area contributed by atoms with E-state index in [1.807, 2.05) is 11.5 Å². The lowest BCUT2D eigenvalue weighted by Crippen LogP contribution is -2.19. The number of carbonyl (C=O) groups is 2. The molecule has 0 saturated carbocycles. The first-order valence-corrected chi connectivity index (χ1v) is 10.4. The van der Waals surface area contributed by atoms with Crippen molar-refractivity contribution < 1.29 is 19.1 Å². The van der Waals surface area contributed by atoms with Gasteiger partial charge in [0.2, 0.25) is 0 Å². The van der Waals surface area contributed by atoms with Gasteiger partial charge in [-0.15, -0.1) is 0 Å². The quantitative estimate of drug-likeness (QED) is 0.405. The Morgan fingerprint density at radius 3 is 2.69 bits per heavy atom. The van der Waals surface area contributed by atoms with Gasteiger partial charge in [0, 0.05) is 18.2 Å². The smallest absolute Gasteiger partial charge is 0.337 e. The molecule has 0 aliphatic heterocycles. The van der Waals surface area contributed by atoms with E-state index in [1.54, 1.807) is 30.3 Å². The Balaban J connectivity index is 2.11. The Kier molecular flexibility index (Phi) is 7.08. The number of nitrogens with zero attached hydrogens (tertiary/aromatic N) is 2. The Hall–Kier alpha value is -2.19. The van der Waals surface area contributed by atoms with Crippen molar-refractivity contribution >= 4 is 56.6 Å². The fourth-order valence-electron chi connectivity index (χ4n) is 2.73. The molecule has 152 valence electrons. The van der Waals surface area contributed by atoms with Gasteiger partial charge >= 0.3 is 5.97 Å². The van der Waals surface area contributed by atoms with Crippen molar-refractivity contribution in [3.05, 3.63) is 62.4 Å². The highest BCUT2D eigenvalue weighted by Crippen LogP contribution is 2.23. The molecule has 0 N–H and O–H groups in total. The Morgan fingerprint density at radius 1 is 1.17 bits per heavy atom. The van der Waals surface area contributed by atoms with Gasteiger partial charge in [-0.3, -0.25) is 4.79 Å². The second-order valence-electron chi connectivity index (χ2n) is 5.95. The molecule has 0 bridgehead atoms. The number of esters is 1. The minimum atomic E-state index is -0.498. The number of rotatable bonds is 6. The van der Waals surface area contributed by atoms with Crippen LogP contribution in [0.1, 0.15) is 27.6 Å². The molecule has 3 aromatic rings. The van der Waals surface area contributed by atoms with Gasteiger partial charge in [-0.2, -0.15) is 4.99 Å². The fraction of sp³-hybridized carbons (Fsp3) is 0.250. The summed E-state index contributed by atoms with van der Waals surface area (Å²) in [7, 11) is 1.33. The van der Waals surface area contributed by atoms with Crippen LogP contribution in [0.4, 0.5) is 0 Å². The largest absolute Gasteiger partial charge is 0.465 e. The summed E-state index contributed by atoms with van der Waals surface area (Å²) in [6.07, 6.45) is 0. The molecule has 1 amide bonds. The van der Waals surface area contributed by atoms with Crippen LogP contribution >= 0.6 is 34.5 Å². The molecule has 2 aromatic carbocycles. The van der Waals surface area contributed by atoms with Gasteiger partial charge in [-0.05, 0) is 43.3 Å². The van der Waals surface area contributed by atoms with E-state index in [4.69, 9.17) is 32.7 Å². The van der Waals surface area contributed by atoms with Crippen molar-refractivity contribution in [2.24, 2.45) is 4.99 Å². The molecule has 0 fully saturated rings. The highest BCUT2D eigenvalue weighted by Gasteiger charge is 2.14. The molecule has 1 aromatic heterocycles. The van der Waals surface area contributed by atoms with E-state index in [2.05, 4.69) is 4.99 Å². The number of fused-ring (bicyclic) bond motifs is 1. The number of amides is 1. The summed E-state index contributed by atoms with van der Waals surface area (Å²) in [5.41, 5.74) is 1.49. The topological polar surface area (TPSA) is 69.9 Å². The average molecular weight is 453 g/mol.